The van der Waals surface area contributed by atoms with Gasteiger partial charge in [-0.05, 0) is 56.3 Å². The number of para-hydroxylation sites is 1. The number of nitrogens with zero attached hydrogens (tertiary/aromatic N) is 2. The normalized spacial score (nSPS) is 11.0. The van der Waals surface area contributed by atoms with Crippen LogP contribution in [0.25, 0.3) is 11.3 Å². The van der Waals surface area contributed by atoms with E-state index < -0.39 is 0 Å². The number of aryl methyl sites for hydroxylation is 3. The van der Waals surface area contributed by atoms with Crippen LogP contribution in [0.4, 0.5) is 5.69 Å². The van der Waals surface area contributed by atoms with Crippen molar-refractivity contribution in [2.75, 3.05) is 5.32 Å². The summed E-state index contributed by atoms with van der Waals surface area (Å²) in [6.45, 7) is 7.26. The maximum absolute atomic E-state index is 12.5. The minimum Gasteiger partial charge on any atom is -0.348 e. The monoisotopic (exact) mass is 435 g/mol. The van der Waals surface area contributed by atoms with E-state index in [0.29, 0.717) is 0 Å². The molecule has 4 rings (SSSR count). The number of rotatable bonds is 7. The van der Waals surface area contributed by atoms with Crippen LogP contribution in [0.3, 0.4) is 0 Å². The van der Waals surface area contributed by atoms with Gasteiger partial charge in [-0.3, -0.25) is 4.79 Å². The van der Waals surface area contributed by atoms with Gasteiger partial charge < -0.3 is 9.88 Å². The lowest BCUT2D eigenvalue weighted by Gasteiger charge is -2.08. The predicted molar refractivity (Wildman–Crippen MR) is 127 cm³/mol. The molecular weight excluding hydrogens is 410 g/mol. The molecule has 0 radical (unpaired) electrons. The molecule has 0 saturated heterocycles. The molecule has 0 unspecified atom stereocenters. The number of nitrogens with one attached hydrogen (secondary N) is 1. The second-order valence-electron chi connectivity index (χ2n) is 7.43. The smallest absolute Gasteiger partial charge is 0.231 e. The molecule has 0 saturated carbocycles. The first kappa shape index (κ1) is 20.6. The van der Waals surface area contributed by atoms with Crippen molar-refractivity contribution in [3.63, 3.8) is 0 Å². The lowest BCUT2D eigenvalue weighted by molar-refractivity contribution is -0.115. The lowest BCUT2D eigenvalue weighted by atomic mass is 10.2. The summed E-state index contributed by atoms with van der Waals surface area (Å²) in [5.41, 5.74) is 6.49. The van der Waals surface area contributed by atoms with Gasteiger partial charge in [0.1, 0.15) is 5.01 Å². The van der Waals surface area contributed by atoms with Gasteiger partial charge >= 0.3 is 0 Å². The fraction of sp³-hybridized carbons (Fsp3) is 0.250. The van der Waals surface area contributed by atoms with E-state index in [0.717, 1.165) is 40.5 Å². The van der Waals surface area contributed by atoms with Crippen molar-refractivity contribution in [2.45, 2.75) is 40.2 Å². The van der Waals surface area contributed by atoms with Gasteiger partial charge in [0.25, 0.3) is 0 Å². The van der Waals surface area contributed by atoms with Crippen LogP contribution < -0.4 is 5.32 Å². The number of thiophene rings is 1. The van der Waals surface area contributed by atoms with Gasteiger partial charge in [-0.15, -0.1) is 22.7 Å². The Balaban J connectivity index is 1.45. The maximum atomic E-state index is 12.5. The van der Waals surface area contributed by atoms with Gasteiger partial charge in [0, 0.05) is 39.4 Å². The highest BCUT2D eigenvalue weighted by molar-refractivity contribution is 7.10. The molecule has 0 atom stereocenters. The van der Waals surface area contributed by atoms with Crippen molar-refractivity contribution < 1.29 is 4.79 Å². The second kappa shape index (κ2) is 8.98. The summed E-state index contributed by atoms with van der Waals surface area (Å²) in [6, 6.07) is 14.3. The predicted octanol–water partition coefficient (Wildman–Crippen LogP) is 6.02. The molecule has 1 amide bonds. The summed E-state index contributed by atoms with van der Waals surface area (Å²) in [7, 11) is 0. The Bertz CT molecular complexity index is 1160. The molecule has 0 fully saturated rings. The SMILES string of the molecule is Cc1ccccc1NC(=O)Cc1nc(-c2cc(C)n(CCc3cccs3)c2C)cs1. The minimum absolute atomic E-state index is 0.0355. The Morgan fingerprint density at radius 2 is 1.93 bits per heavy atom. The van der Waals surface area contributed by atoms with Crippen molar-refractivity contribution in [1.29, 1.82) is 0 Å². The van der Waals surface area contributed by atoms with Gasteiger partial charge in [0.05, 0.1) is 12.1 Å². The molecule has 0 spiro atoms. The van der Waals surface area contributed by atoms with Crippen LogP contribution in [-0.2, 0) is 24.2 Å². The quantitative estimate of drug-likeness (QED) is 0.386. The highest BCUT2D eigenvalue weighted by Gasteiger charge is 2.15. The molecule has 0 aliphatic rings. The fourth-order valence-electron chi connectivity index (χ4n) is 3.64. The Morgan fingerprint density at radius 3 is 2.70 bits per heavy atom. The number of hydrogen-bond donors (Lipinski definition) is 1. The molecule has 3 aromatic heterocycles. The molecule has 154 valence electrons. The average Bonchev–Trinajstić information content (AvgIpc) is 3.44. The van der Waals surface area contributed by atoms with Crippen LogP contribution in [0.1, 0.15) is 26.8 Å². The topological polar surface area (TPSA) is 46.9 Å². The number of carbonyl (C=O) groups is 1. The Hall–Kier alpha value is -2.70. The Labute approximate surface area is 185 Å². The largest absolute Gasteiger partial charge is 0.348 e. The third-order valence-corrected chi connectivity index (χ3v) is 7.08. The molecule has 30 heavy (non-hydrogen) atoms. The summed E-state index contributed by atoms with van der Waals surface area (Å²) in [5, 5.41) is 8.00. The van der Waals surface area contributed by atoms with Gasteiger partial charge in [-0.25, -0.2) is 4.98 Å². The number of hydrogen-bond acceptors (Lipinski definition) is 4. The van der Waals surface area contributed by atoms with E-state index in [1.54, 1.807) is 22.7 Å². The first-order valence-corrected chi connectivity index (χ1v) is 11.8. The van der Waals surface area contributed by atoms with Crippen LogP contribution in [-0.4, -0.2) is 15.5 Å². The summed E-state index contributed by atoms with van der Waals surface area (Å²) in [5.74, 6) is -0.0355. The summed E-state index contributed by atoms with van der Waals surface area (Å²) in [6.07, 6.45) is 1.32. The molecule has 0 bridgehead atoms. The first-order valence-electron chi connectivity index (χ1n) is 10.0. The van der Waals surface area contributed by atoms with Crippen LogP contribution in [0, 0.1) is 20.8 Å². The van der Waals surface area contributed by atoms with Crippen molar-refractivity contribution in [3.05, 3.63) is 80.1 Å². The molecule has 4 nitrogen and oxygen atoms in total. The zero-order valence-corrected chi connectivity index (χ0v) is 19.1. The van der Waals surface area contributed by atoms with Gasteiger partial charge in [-0.2, -0.15) is 0 Å². The van der Waals surface area contributed by atoms with E-state index in [-0.39, 0.29) is 12.3 Å². The fourth-order valence-corrected chi connectivity index (χ4v) is 5.13. The lowest BCUT2D eigenvalue weighted by Crippen LogP contribution is -2.14. The van der Waals surface area contributed by atoms with Crippen molar-refractivity contribution in [3.8, 4) is 11.3 Å². The van der Waals surface area contributed by atoms with Crippen LogP contribution in [0.5, 0.6) is 0 Å². The van der Waals surface area contributed by atoms with Gasteiger partial charge in [0.2, 0.25) is 5.91 Å². The maximum Gasteiger partial charge on any atom is 0.231 e. The van der Waals surface area contributed by atoms with E-state index in [4.69, 9.17) is 4.98 Å². The van der Waals surface area contributed by atoms with E-state index in [2.05, 4.69) is 52.7 Å². The highest BCUT2D eigenvalue weighted by Crippen LogP contribution is 2.29. The molecule has 0 aliphatic carbocycles. The molecule has 0 aliphatic heterocycles. The van der Waals surface area contributed by atoms with Crippen molar-refractivity contribution in [1.82, 2.24) is 9.55 Å². The van der Waals surface area contributed by atoms with Gasteiger partial charge in [-0.1, -0.05) is 24.3 Å². The standard InChI is InChI=1S/C24H25N3OS2/c1-16-7-4-5-9-21(16)25-23(28)14-24-26-22(15-30-24)20-13-17(2)27(18(20)3)11-10-19-8-6-12-29-19/h4-9,12-13,15H,10-11,14H2,1-3H3,(H,25,28). The van der Waals surface area contributed by atoms with E-state index in [1.807, 2.05) is 31.2 Å². The number of benzene rings is 1. The molecule has 3 heterocycles. The van der Waals surface area contributed by atoms with E-state index in [9.17, 15) is 4.79 Å². The Kier molecular flexibility index (Phi) is 6.16. The molecular formula is C24H25N3OS2. The van der Waals surface area contributed by atoms with Crippen LogP contribution in [0.15, 0.2) is 53.2 Å². The number of thiazole rings is 1. The molecule has 1 N–H and O–H groups in total. The second-order valence-corrected chi connectivity index (χ2v) is 9.41. The molecule has 4 aromatic rings. The van der Waals surface area contributed by atoms with Crippen LogP contribution in [0.2, 0.25) is 0 Å². The van der Waals surface area contributed by atoms with Crippen molar-refractivity contribution >= 4 is 34.3 Å². The number of carbonyl (C=O) groups excluding carboxylic acids is 1. The third kappa shape index (κ3) is 4.55. The zero-order valence-electron chi connectivity index (χ0n) is 17.4. The summed E-state index contributed by atoms with van der Waals surface area (Å²) in [4.78, 5) is 18.6. The third-order valence-electron chi connectivity index (χ3n) is 5.29. The average molecular weight is 436 g/mol. The molecule has 1 aromatic carbocycles. The van der Waals surface area contributed by atoms with E-state index in [1.165, 1.54) is 16.3 Å². The Morgan fingerprint density at radius 1 is 1.10 bits per heavy atom. The summed E-state index contributed by atoms with van der Waals surface area (Å²) >= 11 is 3.35. The van der Waals surface area contributed by atoms with Crippen LogP contribution >= 0.6 is 22.7 Å². The highest BCUT2D eigenvalue weighted by atomic mass is 32.1. The number of anilines is 1. The minimum atomic E-state index is -0.0355. The van der Waals surface area contributed by atoms with Crippen molar-refractivity contribution in [2.24, 2.45) is 0 Å². The van der Waals surface area contributed by atoms with E-state index >= 15 is 0 Å². The number of amides is 1. The number of aromatic nitrogens is 2. The van der Waals surface area contributed by atoms with Gasteiger partial charge in [0.15, 0.2) is 0 Å². The molecule has 6 heteroatoms. The first-order chi connectivity index (χ1) is 14.5. The zero-order chi connectivity index (χ0) is 21.1. The summed E-state index contributed by atoms with van der Waals surface area (Å²) < 4.78 is 2.36.